The van der Waals surface area contributed by atoms with Gasteiger partial charge in [0.1, 0.15) is 12.1 Å². The first-order chi connectivity index (χ1) is 3.39. The number of ether oxygens (including phenoxy) is 1. The first kappa shape index (κ1) is 4.62. The molecule has 0 atom stereocenters. The normalized spacial score (nSPS) is 20.4. The smallest absolute Gasteiger partial charge is 0.134 e. The van der Waals surface area contributed by atoms with Crippen LogP contribution in [0.2, 0.25) is 0 Å². The second kappa shape index (κ2) is 1.96. The standard InChI is InChI=1S/C5H7FO/c6-5-2-1-3-7-4-5/h4H,1-3H2. The van der Waals surface area contributed by atoms with E-state index in [1.165, 1.54) is 6.26 Å². The summed E-state index contributed by atoms with van der Waals surface area (Å²) in [7, 11) is 0. The zero-order valence-corrected chi connectivity index (χ0v) is 3.98. The van der Waals surface area contributed by atoms with Gasteiger partial charge in [0.2, 0.25) is 0 Å². The Bertz CT molecular complexity index is 88.1. The highest BCUT2D eigenvalue weighted by Crippen LogP contribution is 2.11. The summed E-state index contributed by atoms with van der Waals surface area (Å²) in [5.74, 6) is -0.133. The molecule has 0 aromatic rings. The van der Waals surface area contributed by atoms with Crippen LogP contribution in [0.25, 0.3) is 0 Å². The minimum atomic E-state index is -0.133. The summed E-state index contributed by atoms with van der Waals surface area (Å²) in [6, 6.07) is 0. The van der Waals surface area contributed by atoms with Gasteiger partial charge in [-0.1, -0.05) is 0 Å². The molecule has 7 heavy (non-hydrogen) atoms. The van der Waals surface area contributed by atoms with Crippen LogP contribution in [-0.4, -0.2) is 6.61 Å². The van der Waals surface area contributed by atoms with E-state index in [1.54, 1.807) is 0 Å². The number of rotatable bonds is 0. The van der Waals surface area contributed by atoms with Crippen molar-refractivity contribution in [2.24, 2.45) is 0 Å². The Balaban J connectivity index is 2.40. The molecule has 0 saturated heterocycles. The van der Waals surface area contributed by atoms with Crippen LogP contribution in [-0.2, 0) is 4.74 Å². The molecule has 40 valence electrons. The quantitative estimate of drug-likeness (QED) is 0.451. The lowest BCUT2D eigenvalue weighted by Gasteiger charge is -2.05. The monoisotopic (exact) mass is 102 g/mol. The van der Waals surface area contributed by atoms with Gasteiger partial charge in [-0.25, -0.2) is 4.39 Å². The molecule has 0 aliphatic carbocycles. The lowest BCUT2D eigenvalue weighted by atomic mass is 10.3. The predicted molar refractivity (Wildman–Crippen MR) is 24.4 cm³/mol. The first-order valence-electron chi connectivity index (χ1n) is 2.36. The highest BCUT2D eigenvalue weighted by Gasteiger charge is 1.99. The van der Waals surface area contributed by atoms with E-state index in [0.717, 1.165) is 6.42 Å². The zero-order valence-electron chi connectivity index (χ0n) is 3.98. The molecule has 1 nitrogen and oxygen atoms in total. The molecule has 1 aliphatic heterocycles. The Morgan fingerprint density at radius 2 is 2.57 bits per heavy atom. The van der Waals surface area contributed by atoms with Gasteiger partial charge in [-0.2, -0.15) is 0 Å². The average Bonchev–Trinajstić information content (AvgIpc) is 1.69. The largest absolute Gasteiger partial charge is 0.498 e. The third-order valence-electron chi connectivity index (χ3n) is 0.889. The Labute approximate surface area is 41.8 Å². The van der Waals surface area contributed by atoms with Gasteiger partial charge in [-0.3, -0.25) is 0 Å². The molecule has 0 aromatic heterocycles. The molecule has 0 bridgehead atoms. The third kappa shape index (κ3) is 1.18. The van der Waals surface area contributed by atoms with E-state index in [1.807, 2.05) is 0 Å². The van der Waals surface area contributed by atoms with Gasteiger partial charge in [-0.05, 0) is 6.42 Å². The van der Waals surface area contributed by atoms with Gasteiger partial charge in [0, 0.05) is 6.42 Å². The second-order valence-corrected chi connectivity index (χ2v) is 1.54. The van der Waals surface area contributed by atoms with E-state index in [4.69, 9.17) is 0 Å². The van der Waals surface area contributed by atoms with Gasteiger partial charge < -0.3 is 4.74 Å². The van der Waals surface area contributed by atoms with Crippen LogP contribution < -0.4 is 0 Å². The molecule has 0 radical (unpaired) electrons. The van der Waals surface area contributed by atoms with E-state index >= 15 is 0 Å². The molecule has 0 fully saturated rings. The van der Waals surface area contributed by atoms with Crippen LogP contribution in [0.3, 0.4) is 0 Å². The van der Waals surface area contributed by atoms with E-state index in [2.05, 4.69) is 4.74 Å². The summed E-state index contributed by atoms with van der Waals surface area (Å²) in [6.07, 6.45) is 2.56. The fourth-order valence-corrected chi connectivity index (χ4v) is 0.533. The van der Waals surface area contributed by atoms with Crippen molar-refractivity contribution in [3.05, 3.63) is 12.1 Å². The fourth-order valence-electron chi connectivity index (χ4n) is 0.533. The number of hydrogen-bond acceptors (Lipinski definition) is 1. The highest BCUT2D eigenvalue weighted by molar-refractivity contribution is 4.87. The van der Waals surface area contributed by atoms with Crippen molar-refractivity contribution in [3.63, 3.8) is 0 Å². The van der Waals surface area contributed by atoms with Crippen molar-refractivity contribution >= 4 is 0 Å². The Morgan fingerprint density at radius 1 is 1.71 bits per heavy atom. The molecule has 1 heterocycles. The fraction of sp³-hybridized carbons (Fsp3) is 0.600. The van der Waals surface area contributed by atoms with Crippen molar-refractivity contribution < 1.29 is 9.13 Å². The van der Waals surface area contributed by atoms with Crippen LogP contribution in [0.4, 0.5) is 4.39 Å². The minimum Gasteiger partial charge on any atom is -0.498 e. The van der Waals surface area contributed by atoms with Crippen LogP contribution in [0.1, 0.15) is 12.8 Å². The van der Waals surface area contributed by atoms with Crippen molar-refractivity contribution in [2.75, 3.05) is 6.61 Å². The lowest BCUT2D eigenvalue weighted by molar-refractivity contribution is 0.210. The van der Waals surface area contributed by atoms with Crippen molar-refractivity contribution in [3.8, 4) is 0 Å². The first-order valence-corrected chi connectivity index (χ1v) is 2.36. The van der Waals surface area contributed by atoms with Gasteiger partial charge >= 0.3 is 0 Å². The van der Waals surface area contributed by atoms with Crippen molar-refractivity contribution in [1.82, 2.24) is 0 Å². The van der Waals surface area contributed by atoms with Crippen LogP contribution >= 0.6 is 0 Å². The topological polar surface area (TPSA) is 9.23 Å². The molecule has 1 rings (SSSR count). The van der Waals surface area contributed by atoms with Gasteiger partial charge in [0.15, 0.2) is 0 Å². The summed E-state index contributed by atoms with van der Waals surface area (Å²) >= 11 is 0. The maximum Gasteiger partial charge on any atom is 0.134 e. The maximum absolute atomic E-state index is 11.9. The SMILES string of the molecule is FC1=COCCC1. The predicted octanol–water partition coefficient (Wildman–Crippen LogP) is 1.61. The summed E-state index contributed by atoms with van der Waals surface area (Å²) in [5, 5.41) is 0. The maximum atomic E-state index is 11.9. The van der Waals surface area contributed by atoms with Crippen molar-refractivity contribution in [1.29, 1.82) is 0 Å². The Kier molecular flexibility index (Phi) is 1.29. The molecule has 0 aromatic carbocycles. The third-order valence-corrected chi connectivity index (χ3v) is 0.889. The second-order valence-electron chi connectivity index (χ2n) is 1.54. The summed E-state index contributed by atoms with van der Waals surface area (Å²) < 4.78 is 16.6. The molecule has 0 unspecified atom stereocenters. The van der Waals surface area contributed by atoms with Gasteiger partial charge in [0.25, 0.3) is 0 Å². The van der Waals surface area contributed by atoms with E-state index < -0.39 is 0 Å². The molecule has 0 N–H and O–H groups in total. The van der Waals surface area contributed by atoms with Crippen LogP contribution in [0.15, 0.2) is 12.1 Å². The molecular formula is C5H7FO. The number of allylic oxidation sites excluding steroid dienone is 1. The molecule has 0 spiro atoms. The van der Waals surface area contributed by atoms with E-state index in [-0.39, 0.29) is 5.83 Å². The number of halogens is 1. The lowest BCUT2D eigenvalue weighted by Crippen LogP contribution is -1.94. The summed E-state index contributed by atoms with van der Waals surface area (Å²) in [4.78, 5) is 0. The van der Waals surface area contributed by atoms with Crippen LogP contribution in [0, 0.1) is 0 Å². The van der Waals surface area contributed by atoms with Crippen molar-refractivity contribution in [2.45, 2.75) is 12.8 Å². The molecular weight excluding hydrogens is 95.1 g/mol. The van der Waals surface area contributed by atoms with Gasteiger partial charge in [0.05, 0.1) is 6.61 Å². The molecule has 0 saturated carbocycles. The summed E-state index contributed by atoms with van der Waals surface area (Å²) in [5.41, 5.74) is 0. The highest BCUT2D eigenvalue weighted by atomic mass is 19.1. The Hall–Kier alpha value is -0.530. The van der Waals surface area contributed by atoms with E-state index in [9.17, 15) is 4.39 Å². The average molecular weight is 102 g/mol. The Morgan fingerprint density at radius 3 is 2.86 bits per heavy atom. The minimum absolute atomic E-state index is 0.133. The number of hydrogen-bond donors (Lipinski definition) is 0. The molecule has 1 aliphatic rings. The van der Waals surface area contributed by atoms with Crippen LogP contribution in [0.5, 0.6) is 0 Å². The summed E-state index contributed by atoms with van der Waals surface area (Å²) in [6.45, 7) is 0.674. The van der Waals surface area contributed by atoms with Gasteiger partial charge in [-0.15, -0.1) is 0 Å². The molecule has 2 heteroatoms. The van der Waals surface area contributed by atoms with E-state index in [0.29, 0.717) is 13.0 Å². The zero-order chi connectivity index (χ0) is 5.11. The molecule has 0 amide bonds.